The second-order valence-corrected chi connectivity index (χ2v) is 10.2. The summed E-state index contributed by atoms with van der Waals surface area (Å²) in [6, 6.07) is 6.79. The quantitative estimate of drug-likeness (QED) is 0.692. The van der Waals surface area contributed by atoms with Gasteiger partial charge in [-0.1, -0.05) is 6.07 Å². The zero-order valence-corrected chi connectivity index (χ0v) is 17.8. The standard InChI is InChI=1S/C21H26N4O4S/c1-28-17-3-2-4-19(10-17)30(26,27)25-8-7-24-14-18(9-16(24)13-25)29-21-12-22-20(11-23-21)15-5-6-15/h2-4,10-12,15-16,18H,5-9,13-14H2,1H3/t16-,18-/m0/s1. The van der Waals surface area contributed by atoms with Crippen LogP contribution in [0.1, 0.15) is 30.9 Å². The monoisotopic (exact) mass is 430 g/mol. The third-order valence-corrected chi connectivity index (χ3v) is 8.01. The molecule has 0 N–H and O–H groups in total. The second-order valence-electron chi connectivity index (χ2n) is 8.22. The molecule has 0 bridgehead atoms. The number of hydrogen-bond donors (Lipinski definition) is 0. The molecule has 0 spiro atoms. The Bertz CT molecular complexity index is 1010. The molecule has 3 heterocycles. The van der Waals surface area contributed by atoms with E-state index in [2.05, 4.69) is 14.9 Å². The lowest BCUT2D eigenvalue weighted by Gasteiger charge is -2.36. The number of nitrogens with zero attached hydrogens (tertiary/aromatic N) is 4. The van der Waals surface area contributed by atoms with Crippen LogP contribution in [0.2, 0.25) is 0 Å². The lowest BCUT2D eigenvalue weighted by Crippen LogP contribution is -2.51. The molecule has 3 aliphatic rings. The van der Waals surface area contributed by atoms with E-state index in [-0.39, 0.29) is 17.0 Å². The molecule has 30 heavy (non-hydrogen) atoms. The summed E-state index contributed by atoms with van der Waals surface area (Å²) in [7, 11) is -2.02. The Hall–Kier alpha value is -2.23. The van der Waals surface area contributed by atoms with Crippen LogP contribution in [-0.2, 0) is 10.0 Å². The molecule has 8 nitrogen and oxygen atoms in total. The molecule has 0 radical (unpaired) electrons. The molecule has 5 rings (SSSR count). The van der Waals surface area contributed by atoms with Crippen LogP contribution in [0.4, 0.5) is 0 Å². The molecule has 160 valence electrons. The van der Waals surface area contributed by atoms with Crippen molar-refractivity contribution in [2.45, 2.75) is 42.2 Å². The molecule has 1 aromatic carbocycles. The van der Waals surface area contributed by atoms with Gasteiger partial charge in [-0.2, -0.15) is 4.31 Å². The van der Waals surface area contributed by atoms with Crippen molar-refractivity contribution in [1.82, 2.24) is 19.2 Å². The van der Waals surface area contributed by atoms with Gasteiger partial charge in [0.2, 0.25) is 15.9 Å². The lowest BCUT2D eigenvalue weighted by atomic mass is 10.2. The first kappa shape index (κ1) is 19.7. The summed E-state index contributed by atoms with van der Waals surface area (Å²) in [5.74, 6) is 1.66. The van der Waals surface area contributed by atoms with Gasteiger partial charge < -0.3 is 9.47 Å². The van der Waals surface area contributed by atoms with Gasteiger partial charge >= 0.3 is 0 Å². The van der Waals surface area contributed by atoms with Crippen molar-refractivity contribution in [1.29, 1.82) is 0 Å². The van der Waals surface area contributed by atoms with Crippen LogP contribution < -0.4 is 9.47 Å². The molecule has 1 saturated carbocycles. The van der Waals surface area contributed by atoms with E-state index in [9.17, 15) is 8.42 Å². The van der Waals surface area contributed by atoms with E-state index < -0.39 is 10.0 Å². The molecule has 2 atom stereocenters. The van der Waals surface area contributed by atoms with Crippen molar-refractivity contribution < 1.29 is 17.9 Å². The number of sulfonamides is 1. The molecule has 1 aromatic heterocycles. The molecule has 0 unspecified atom stereocenters. The number of rotatable bonds is 6. The highest BCUT2D eigenvalue weighted by Gasteiger charge is 2.41. The third-order valence-electron chi connectivity index (χ3n) is 6.15. The fourth-order valence-corrected chi connectivity index (χ4v) is 5.83. The van der Waals surface area contributed by atoms with E-state index in [1.165, 1.54) is 20.0 Å². The molecular formula is C21H26N4O4S. The molecule has 2 aromatic rings. The Morgan fingerprint density at radius 2 is 1.97 bits per heavy atom. The maximum Gasteiger partial charge on any atom is 0.243 e. The normalized spacial score (nSPS) is 25.1. The van der Waals surface area contributed by atoms with Crippen molar-refractivity contribution in [3.05, 3.63) is 42.4 Å². The first-order valence-electron chi connectivity index (χ1n) is 10.4. The number of aromatic nitrogens is 2. The van der Waals surface area contributed by atoms with Crippen molar-refractivity contribution in [2.75, 3.05) is 33.3 Å². The zero-order chi connectivity index (χ0) is 20.7. The fraction of sp³-hybridized carbons (Fsp3) is 0.524. The van der Waals surface area contributed by atoms with Gasteiger partial charge in [-0.3, -0.25) is 9.88 Å². The van der Waals surface area contributed by atoms with Crippen molar-refractivity contribution >= 4 is 10.0 Å². The van der Waals surface area contributed by atoms with Crippen LogP contribution in [-0.4, -0.2) is 73.0 Å². The van der Waals surface area contributed by atoms with Gasteiger partial charge in [0.1, 0.15) is 11.9 Å². The van der Waals surface area contributed by atoms with E-state index in [1.54, 1.807) is 34.8 Å². The smallest absolute Gasteiger partial charge is 0.243 e. The molecule has 3 fully saturated rings. The minimum Gasteiger partial charge on any atom is -0.497 e. The average molecular weight is 431 g/mol. The number of methoxy groups -OCH3 is 1. The minimum absolute atomic E-state index is 0.00412. The van der Waals surface area contributed by atoms with Crippen LogP contribution in [0.3, 0.4) is 0 Å². The van der Waals surface area contributed by atoms with Gasteiger partial charge in [0.15, 0.2) is 0 Å². The van der Waals surface area contributed by atoms with E-state index >= 15 is 0 Å². The number of ether oxygens (including phenoxy) is 2. The van der Waals surface area contributed by atoms with E-state index in [0.717, 1.165) is 18.7 Å². The zero-order valence-electron chi connectivity index (χ0n) is 17.0. The van der Waals surface area contributed by atoms with Gasteiger partial charge in [-0.05, 0) is 25.0 Å². The van der Waals surface area contributed by atoms with Gasteiger partial charge in [-0.15, -0.1) is 0 Å². The Morgan fingerprint density at radius 3 is 2.70 bits per heavy atom. The number of fused-ring (bicyclic) bond motifs is 1. The number of piperazine rings is 1. The molecule has 1 aliphatic carbocycles. The van der Waals surface area contributed by atoms with E-state index in [1.807, 2.05) is 6.20 Å². The summed E-state index contributed by atoms with van der Waals surface area (Å²) in [6.07, 6.45) is 6.70. The molecule has 9 heteroatoms. The van der Waals surface area contributed by atoms with Crippen molar-refractivity contribution in [3.63, 3.8) is 0 Å². The van der Waals surface area contributed by atoms with Crippen molar-refractivity contribution in [2.24, 2.45) is 0 Å². The first-order valence-corrected chi connectivity index (χ1v) is 11.8. The predicted molar refractivity (Wildman–Crippen MR) is 110 cm³/mol. The van der Waals surface area contributed by atoms with Crippen LogP contribution in [0.5, 0.6) is 11.6 Å². The van der Waals surface area contributed by atoms with Crippen LogP contribution in [0, 0.1) is 0 Å². The summed E-state index contributed by atoms with van der Waals surface area (Å²) in [6.45, 7) is 2.41. The van der Waals surface area contributed by atoms with Crippen LogP contribution in [0.15, 0.2) is 41.6 Å². The maximum absolute atomic E-state index is 13.1. The van der Waals surface area contributed by atoms with E-state index in [0.29, 0.717) is 37.2 Å². The number of benzene rings is 1. The predicted octanol–water partition coefficient (Wildman–Crippen LogP) is 1.89. The summed E-state index contributed by atoms with van der Waals surface area (Å²) < 4.78 is 39.0. The minimum atomic E-state index is -3.55. The molecular weight excluding hydrogens is 404 g/mol. The van der Waals surface area contributed by atoms with Crippen molar-refractivity contribution in [3.8, 4) is 11.6 Å². The number of hydrogen-bond acceptors (Lipinski definition) is 7. The van der Waals surface area contributed by atoms with Gasteiger partial charge in [0.05, 0.1) is 30.1 Å². The summed E-state index contributed by atoms with van der Waals surface area (Å²) >= 11 is 0. The van der Waals surface area contributed by atoms with Gasteiger partial charge in [-0.25, -0.2) is 13.4 Å². The lowest BCUT2D eigenvalue weighted by molar-refractivity contribution is 0.151. The third kappa shape index (κ3) is 3.89. The largest absolute Gasteiger partial charge is 0.497 e. The maximum atomic E-state index is 13.1. The Balaban J connectivity index is 1.23. The summed E-state index contributed by atoms with van der Waals surface area (Å²) in [5.41, 5.74) is 1.05. The second kappa shape index (κ2) is 7.79. The fourth-order valence-electron chi connectivity index (χ4n) is 4.33. The Morgan fingerprint density at radius 1 is 1.10 bits per heavy atom. The van der Waals surface area contributed by atoms with Crippen LogP contribution >= 0.6 is 0 Å². The average Bonchev–Trinajstić information content (AvgIpc) is 3.53. The molecule has 2 aliphatic heterocycles. The topological polar surface area (TPSA) is 84.9 Å². The highest BCUT2D eigenvalue weighted by atomic mass is 32.2. The Labute approximate surface area is 176 Å². The summed E-state index contributed by atoms with van der Waals surface area (Å²) in [5, 5.41) is 0. The highest BCUT2D eigenvalue weighted by Crippen LogP contribution is 2.38. The SMILES string of the molecule is COc1cccc(S(=O)(=O)N2CCN3C[C@@H](Oc4cnc(C5CC5)cn4)C[C@H]3C2)c1. The molecule has 0 amide bonds. The first-order chi connectivity index (χ1) is 14.5. The van der Waals surface area contributed by atoms with Gasteiger partial charge in [0, 0.05) is 50.6 Å². The highest BCUT2D eigenvalue weighted by molar-refractivity contribution is 7.89. The Kier molecular flexibility index (Phi) is 5.12. The van der Waals surface area contributed by atoms with Gasteiger partial charge in [0.25, 0.3) is 0 Å². The summed E-state index contributed by atoms with van der Waals surface area (Å²) in [4.78, 5) is 11.5. The van der Waals surface area contributed by atoms with E-state index in [4.69, 9.17) is 9.47 Å². The van der Waals surface area contributed by atoms with Crippen LogP contribution in [0.25, 0.3) is 0 Å². The molecule has 2 saturated heterocycles.